The molecule has 1 heterocycles. The first-order valence-corrected chi connectivity index (χ1v) is 6.82. The Labute approximate surface area is 119 Å². The smallest absolute Gasteiger partial charge is 0.261 e. The fraction of sp³-hybridized carbons (Fsp3) is 0.143. The molecule has 0 bridgehead atoms. The lowest BCUT2D eigenvalue weighted by Crippen LogP contribution is -2.26. The van der Waals surface area contributed by atoms with Crippen molar-refractivity contribution in [2.24, 2.45) is 5.16 Å². The van der Waals surface area contributed by atoms with Crippen molar-refractivity contribution in [3.05, 3.63) is 58.0 Å². The number of nitrogens with one attached hydrogen (secondary N) is 1. The molecule has 0 atom stereocenters. The number of nitrogens with zero attached hydrogens (tertiary/aromatic N) is 1. The summed E-state index contributed by atoms with van der Waals surface area (Å²) in [7, 11) is 0. The highest BCUT2D eigenvalue weighted by atomic mass is 32.1. The van der Waals surface area contributed by atoms with Crippen molar-refractivity contribution in [1.29, 1.82) is 0 Å². The largest absolute Gasteiger partial charge is 0.386 e. The molecule has 0 aliphatic rings. The van der Waals surface area contributed by atoms with Crippen LogP contribution in [0.15, 0.2) is 46.9 Å². The Balaban J connectivity index is 1.67. The molecule has 0 aliphatic carbocycles. The molecular formula is C14H13FN2O2S. The second kappa shape index (κ2) is 7.40. The van der Waals surface area contributed by atoms with Gasteiger partial charge >= 0.3 is 0 Å². The lowest BCUT2D eigenvalue weighted by molar-refractivity contribution is -0.125. The van der Waals surface area contributed by atoms with Crippen LogP contribution in [-0.4, -0.2) is 18.7 Å². The average molecular weight is 292 g/mol. The Kier molecular flexibility index (Phi) is 5.25. The zero-order valence-corrected chi connectivity index (χ0v) is 11.4. The summed E-state index contributed by atoms with van der Waals surface area (Å²) < 4.78 is 12.7. The van der Waals surface area contributed by atoms with E-state index in [-0.39, 0.29) is 18.3 Å². The maximum absolute atomic E-state index is 12.7. The molecule has 0 saturated carbocycles. The van der Waals surface area contributed by atoms with Crippen LogP contribution in [0.2, 0.25) is 0 Å². The summed E-state index contributed by atoms with van der Waals surface area (Å²) in [4.78, 5) is 17.4. The summed E-state index contributed by atoms with van der Waals surface area (Å²) in [5, 5.41) is 8.31. The Morgan fingerprint density at radius 1 is 1.35 bits per heavy atom. The highest BCUT2D eigenvalue weighted by molar-refractivity contribution is 7.09. The molecular weight excluding hydrogens is 279 g/mol. The average Bonchev–Trinajstić information content (AvgIpc) is 2.96. The van der Waals surface area contributed by atoms with E-state index in [4.69, 9.17) is 4.84 Å². The normalized spacial score (nSPS) is 10.7. The van der Waals surface area contributed by atoms with Crippen molar-refractivity contribution < 1.29 is 14.0 Å². The monoisotopic (exact) mass is 292 g/mol. The maximum Gasteiger partial charge on any atom is 0.261 e. The van der Waals surface area contributed by atoms with Crippen LogP contribution in [0.1, 0.15) is 10.4 Å². The van der Waals surface area contributed by atoms with E-state index < -0.39 is 0 Å². The summed E-state index contributed by atoms with van der Waals surface area (Å²) >= 11 is 1.58. The summed E-state index contributed by atoms with van der Waals surface area (Å²) in [6.45, 7) is 0.338. The minimum Gasteiger partial charge on any atom is -0.386 e. The SMILES string of the molecule is O=C(CO/N=C/c1ccc(F)cc1)NCc1cccs1. The Morgan fingerprint density at radius 2 is 2.15 bits per heavy atom. The minimum atomic E-state index is -0.309. The van der Waals surface area contributed by atoms with E-state index >= 15 is 0 Å². The Bertz CT molecular complexity index is 567. The van der Waals surface area contributed by atoms with Crippen LogP contribution in [-0.2, 0) is 16.2 Å². The van der Waals surface area contributed by atoms with E-state index in [1.807, 2.05) is 17.5 Å². The Morgan fingerprint density at radius 3 is 2.85 bits per heavy atom. The standard InChI is InChI=1S/C14H13FN2O2S/c15-12-5-3-11(4-6-12)8-17-19-10-14(18)16-9-13-2-1-7-20-13/h1-8H,9-10H2,(H,16,18)/b17-8+. The van der Waals surface area contributed by atoms with Gasteiger partial charge in [-0.25, -0.2) is 4.39 Å². The first-order chi connectivity index (χ1) is 9.74. The number of benzene rings is 1. The number of oxime groups is 1. The van der Waals surface area contributed by atoms with Gasteiger partial charge in [-0.1, -0.05) is 23.4 Å². The summed E-state index contributed by atoms with van der Waals surface area (Å²) in [6.07, 6.45) is 1.42. The van der Waals surface area contributed by atoms with Crippen molar-refractivity contribution in [3.8, 4) is 0 Å². The van der Waals surface area contributed by atoms with Gasteiger partial charge in [0.05, 0.1) is 12.8 Å². The third-order valence-electron chi connectivity index (χ3n) is 2.38. The molecule has 20 heavy (non-hydrogen) atoms. The molecule has 0 aliphatic heterocycles. The second-order valence-electron chi connectivity index (χ2n) is 3.92. The van der Waals surface area contributed by atoms with E-state index in [2.05, 4.69) is 10.5 Å². The number of rotatable bonds is 6. The van der Waals surface area contributed by atoms with E-state index in [9.17, 15) is 9.18 Å². The van der Waals surface area contributed by atoms with E-state index in [1.54, 1.807) is 23.5 Å². The van der Waals surface area contributed by atoms with Gasteiger partial charge < -0.3 is 10.2 Å². The van der Waals surface area contributed by atoms with Crippen LogP contribution < -0.4 is 5.32 Å². The molecule has 0 unspecified atom stereocenters. The first-order valence-electron chi connectivity index (χ1n) is 5.94. The van der Waals surface area contributed by atoms with Gasteiger partial charge in [0.1, 0.15) is 5.82 Å². The van der Waals surface area contributed by atoms with Gasteiger partial charge in [-0.2, -0.15) is 0 Å². The summed E-state index contributed by atoms with van der Waals surface area (Å²) in [5.41, 5.74) is 0.699. The van der Waals surface area contributed by atoms with Gasteiger partial charge in [0.2, 0.25) is 0 Å². The van der Waals surface area contributed by atoms with Crippen LogP contribution in [0, 0.1) is 5.82 Å². The molecule has 2 rings (SSSR count). The van der Waals surface area contributed by atoms with Crippen molar-refractivity contribution in [2.75, 3.05) is 6.61 Å². The van der Waals surface area contributed by atoms with E-state index in [0.717, 1.165) is 4.88 Å². The molecule has 1 aromatic heterocycles. The van der Waals surface area contributed by atoms with Crippen molar-refractivity contribution in [3.63, 3.8) is 0 Å². The van der Waals surface area contributed by atoms with Crippen LogP contribution in [0.3, 0.4) is 0 Å². The number of hydrogen-bond donors (Lipinski definition) is 1. The molecule has 0 spiro atoms. The molecule has 1 aromatic carbocycles. The van der Waals surface area contributed by atoms with Crippen LogP contribution >= 0.6 is 11.3 Å². The molecule has 6 heteroatoms. The number of hydrogen-bond acceptors (Lipinski definition) is 4. The molecule has 2 aromatic rings. The number of carbonyl (C=O) groups excluding carboxylic acids is 1. The van der Waals surface area contributed by atoms with Gasteiger partial charge in [0.25, 0.3) is 5.91 Å². The lowest BCUT2D eigenvalue weighted by Gasteiger charge is -2.02. The molecule has 0 radical (unpaired) electrons. The number of halogens is 1. The topological polar surface area (TPSA) is 50.7 Å². The van der Waals surface area contributed by atoms with Gasteiger partial charge in [-0.15, -0.1) is 11.3 Å². The lowest BCUT2D eigenvalue weighted by atomic mass is 10.2. The minimum absolute atomic E-state index is 0.150. The zero-order chi connectivity index (χ0) is 14.2. The van der Waals surface area contributed by atoms with Gasteiger partial charge in [-0.05, 0) is 29.1 Å². The highest BCUT2D eigenvalue weighted by Crippen LogP contribution is 2.07. The quantitative estimate of drug-likeness (QED) is 0.657. The van der Waals surface area contributed by atoms with Crippen molar-refractivity contribution >= 4 is 23.5 Å². The van der Waals surface area contributed by atoms with Crippen molar-refractivity contribution in [1.82, 2.24) is 5.32 Å². The molecule has 0 saturated heterocycles. The third kappa shape index (κ3) is 4.81. The molecule has 4 nitrogen and oxygen atoms in total. The van der Waals surface area contributed by atoms with Crippen LogP contribution in [0.4, 0.5) is 4.39 Å². The maximum atomic E-state index is 12.7. The number of carbonyl (C=O) groups is 1. The molecule has 104 valence electrons. The van der Waals surface area contributed by atoms with Crippen LogP contribution in [0.5, 0.6) is 0 Å². The second-order valence-corrected chi connectivity index (χ2v) is 4.95. The molecule has 1 amide bonds. The van der Waals surface area contributed by atoms with Gasteiger partial charge in [0, 0.05) is 4.88 Å². The predicted molar refractivity (Wildman–Crippen MR) is 76.1 cm³/mol. The fourth-order valence-corrected chi connectivity index (χ4v) is 2.04. The van der Waals surface area contributed by atoms with E-state index in [0.29, 0.717) is 12.1 Å². The molecule has 0 fully saturated rings. The van der Waals surface area contributed by atoms with E-state index in [1.165, 1.54) is 18.3 Å². The summed E-state index contributed by atoms with van der Waals surface area (Å²) in [6, 6.07) is 9.66. The van der Waals surface area contributed by atoms with Crippen LogP contribution in [0.25, 0.3) is 0 Å². The Hall–Kier alpha value is -2.21. The summed E-state index contributed by atoms with van der Waals surface area (Å²) in [5.74, 6) is -0.550. The van der Waals surface area contributed by atoms with Crippen molar-refractivity contribution in [2.45, 2.75) is 6.54 Å². The number of amides is 1. The third-order valence-corrected chi connectivity index (χ3v) is 3.26. The predicted octanol–water partition coefficient (Wildman–Crippen LogP) is 2.55. The fourth-order valence-electron chi connectivity index (χ4n) is 1.39. The zero-order valence-electron chi connectivity index (χ0n) is 10.6. The number of thiophene rings is 1. The first kappa shape index (κ1) is 14.2. The molecule has 1 N–H and O–H groups in total. The van der Waals surface area contributed by atoms with Gasteiger partial charge in [-0.3, -0.25) is 4.79 Å². The highest BCUT2D eigenvalue weighted by Gasteiger charge is 2.01. The van der Waals surface area contributed by atoms with Gasteiger partial charge in [0.15, 0.2) is 6.61 Å².